The molecule has 0 bridgehead atoms. The fourth-order valence-electron chi connectivity index (χ4n) is 1.83. The maximum absolute atomic E-state index is 6.21. The van der Waals surface area contributed by atoms with Gasteiger partial charge in [-0.15, -0.1) is 5.10 Å². The van der Waals surface area contributed by atoms with E-state index >= 15 is 0 Å². The summed E-state index contributed by atoms with van der Waals surface area (Å²) in [4.78, 5) is 0. The molecule has 1 aromatic heterocycles. The van der Waals surface area contributed by atoms with E-state index in [1.165, 1.54) is 5.56 Å². The Bertz CT molecular complexity index is 521. The molecule has 1 heterocycles. The predicted molar refractivity (Wildman–Crippen MR) is 70.5 cm³/mol. The quantitative estimate of drug-likeness (QED) is 0.943. The molecule has 5 heteroatoms. The van der Waals surface area contributed by atoms with E-state index in [4.69, 9.17) is 5.73 Å². The number of benzene rings is 1. The summed E-state index contributed by atoms with van der Waals surface area (Å²) >= 11 is 3.47. The molecule has 0 fully saturated rings. The second-order valence-electron chi connectivity index (χ2n) is 4.20. The topological polar surface area (TPSA) is 56.7 Å². The van der Waals surface area contributed by atoms with Gasteiger partial charge in [-0.05, 0) is 30.2 Å². The normalized spacial score (nSPS) is 12.7. The summed E-state index contributed by atoms with van der Waals surface area (Å²) in [6.07, 6.45) is 2.60. The molecular weight excluding hydrogens is 280 g/mol. The van der Waals surface area contributed by atoms with Crippen LogP contribution in [0.3, 0.4) is 0 Å². The molecule has 2 aromatic rings. The van der Waals surface area contributed by atoms with E-state index in [1.807, 2.05) is 19.3 Å². The highest BCUT2D eigenvalue weighted by Crippen LogP contribution is 2.22. The van der Waals surface area contributed by atoms with E-state index in [-0.39, 0.29) is 6.04 Å². The first-order valence-electron chi connectivity index (χ1n) is 5.43. The van der Waals surface area contributed by atoms with Crippen molar-refractivity contribution in [2.24, 2.45) is 12.8 Å². The molecule has 1 unspecified atom stereocenters. The van der Waals surface area contributed by atoms with Crippen molar-refractivity contribution in [2.45, 2.75) is 19.4 Å². The van der Waals surface area contributed by atoms with Gasteiger partial charge in [-0.25, -0.2) is 0 Å². The highest BCUT2D eigenvalue weighted by atomic mass is 79.9. The van der Waals surface area contributed by atoms with Gasteiger partial charge in [-0.1, -0.05) is 27.2 Å². The minimum absolute atomic E-state index is 0.0517. The fourth-order valence-corrected chi connectivity index (χ4v) is 2.21. The first-order chi connectivity index (χ1) is 8.06. The van der Waals surface area contributed by atoms with E-state index in [2.05, 4.69) is 45.3 Å². The third-order valence-electron chi connectivity index (χ3n) is 2.72. The number of nitrogens with two attached hydrogens (primary N) is 1. The van der Waals surface area contributed by atoms with Crippen LogP contribution in [0.5, 0.6) is 0 Å². The van der Waals surface area contributed by atoms with E-state index < -0.39 is 0 Å². The Morgan fingerprint density at radius 3 is 2.88 bits per heavy atom. The van der Waals surface area contributed by atoms with Crippen molar-refractivity contribution >= 4 is 15.9 Å². The van der Waals surface area contributed by atoms with Gasteiger partial charge < -0.3 is 5.73 Å². The Kier molecular flexibility index (Phi) is 3.59. The molecule has 0 aliphatic rings. The summed E-state index contributed by atoms with van der Waals surface area (Å²) < 4.78 is 2.74. The zero-order valence-corrected chi connectivity index (χ0v) is 11.5. The molecule has 2 N–H and O–H groups in total. The average molecular weight is 295 g/mol. The molecule has 0 aliphatic heterocycles. The van der Waals surface area contributed by atoms with Crippen molar-refractivity contribution in [1.82, 2.24) is 15.0 Å². The smallest absolute Gasteiger partial charge is 0.0845 e. The molecule has 4 nitrogen and oxygen atoms in total. The Balaban J connectivity index is 2.19. The van der Waals surface area contributed by atoms with Gasteiger partial charge in [0.1, 0.15) is 0 Å². The van der Waals surface area contributed by atoms with Crippen LogP contribution in [0, 0.1) is 6.92 Å². The minimum Gasteiger partial charge on any atom is -0.324 e. The lowest BCUT2D eigenvalue weighted by atomic mass is 9.99. The van der Waals surface area contributed by atoms with Crippen molar-refractivity contribution in [3.63, 3.8) is 0 Å². The fraction of sp³-hybridized carbons (Fsp3) is 0.333. The lowest BCUT2D eigenvalue weighted by Crippen LogP contribution is -2.15. The number of aryl methyl sites for hydroxylation is 2. The molecule has 17 heavy (non-hydrogen) atoms. The first kappa shape index (κ1) is 12.3. The van der Waals surface area contributed by atoms with E-state index in [0.717, 1.165) is 15.7 Å². The standard InChI is InChI=1S/C12H15BrN4/c1-8-3-4-9(13)5-11(8)12(14)6-10-7-17(2)16-15-10/h3-5,7,12H,6,14H2,1-2H3. The molecule has 1 atom stereocenters. The Morgan fingerprint density at radius 2 is 2.24 bits per heavy atom. The molecule has 0 aliphatic carbocycles. The van der Waals surface area contributed by atoms with Gasteiger partial charge in [0.15, 0.2) is 0 Å². The molecule has 90 valence electrons. The minimum atomic E-state index is -0.0517. The van der Waals surface area contributed by atoms with Crippen molar-refractivity contribution in [2.75, 3.05) is 0 Å². The molecule has 0 saturated heterocycles. The van der Waals surface area contributed by atoms with Crippen LogP contribution in [-0.4, -0.2) is 15.0 Å². The lowest BCUT2D eigenvalue weighted by molar-refractivity contribution is 0.690. The van der Waals surface area contributed by atoms with Crippen LogP contribution in [-0.2, 0) is 13.5 Å². The van der Waals surface area contributed by atoms with Gasteiger partial charge in [0.2, 0.25) is 0 Å². The van der Waals surface area contributed by atoms with Crippen molar-refractivity contribution < 1.29 is 0 Å². The third kappa shape index (κ3) is 2.92. The summed E-state index contributed by atoms with van der Waals surface area (Å²) in [7, 11) is 1.85. The second kappa shape index (κ2) is 4.98. The number of rotatable bonds is 3. The largest absolute Gasteiger partial charge is 0.324 e. The predicted octanol–water partition coefficient (Wildman–Crippen LogP) is 2.13. The molecule has 0 radical (unpaired) electrons. The summed E-state index contributed by atoms with van der Waals surface area (Å²) in [5.74, 6) is 0. The summed E-state index contributed by atoms with van der Waals surface area (Å²) in [6.45, 7) is 2.07. The van der Waals surface area contributed by atoms with Crippen LogP contribution in [0.1, 0.15) is 22.9 Å². The molecule has 1 aromatic carbocycles. The van der Waals surface area contributed by atoms with Gasteiger partial charge in [-0.2, -0.15) is 0 Å². The maximum atomic E-state index is 6.21. The van der Waals surface area contributed by atoms with Crippen molar-refractivity contribution in [3.8, 4) is 0 Å². The third-order valence-corrected chi connectivity index (χ3v) is 3.21. The van der Waals surface area contributed by atoms with Crippen LogP contribution in [0.25, 0.3) is 0 Å². The van der Waals surface area contributed by atoms with Crippen LogP contribution < -0.4 is 5.73 Å². The zero-order valence-electron chi connectivity index (χ0n) is 9.89. The van der Waals surface area contributed by atoms with E-state index in [0.29, 0.717) is 6.42 Å². The number of halogens is 1. The molecule has 0 saturated carbocycles. The van der Waals surface area contributed by atoms with Crippen LogP contribution >= 0.6 is 15.9 Å². The van der Waals surface area contributed by atoms with Crippen LogP contribution in [0.2, 0.25) is 0 Å². The molecule has 0 spiro atoms. The lowest BCUT2D eigenvalue weighted by Gasteiger charge is -2.13. The Morgan fingerprint density at radius 1 is 1.47 bits per heavy atom. The highest BCUT2D eigenvalue weighted by Gasteiger charge is 2.12. The Labute approximate surface area is 109 Å². The summed E-state index contributed by atoms with van der Waals surface area (Å²) in [6, 6.07) is 6.10. The van der Waals surface area contributed by atoms with Crippen LogP contribution in [0.4, 0.5) is 0 Å². The van der Waals surface area contributed by atoms with Gasteiger partial charge in [0.25, 0.3) is 0 Å². The number of hydrogen-bond donors (Lipinski definition) is 1. The van der Waals surface area contributed by atoms with E-state index in [9.17, 15) is 0 Å². The van der Waals surface area contributed by atoms with Gasteiger partial charge in [0.05, 0.1) is 5.69 Å². The first-order valence-corrected chi connectivity index (χ1v) is 6.22. The number of aromatic nitrogens is 3. The van der Waals surface area contributed by atoms with Gasteiger partial charge >= 0.3 is 0 Å². The Hall–Kier alpha value is -1.20. The highest BCUT2D eigenvalue weighted by molar-refractivity contribution is 9.10. The second-order valence-corrected chi connectivity index (χ2v) is 5.11. The monoisotopic (exact) mass is 294 g/mol. The summed E-state index contributed by atoms with van der Waals surface area (Å²) in [5.41, 5.74) is 9.47. The van der Waals surface area contributed by atoms with Crippen LogP contribution in [0.15, 0.2) is 28.9 Å². The molecular formula is C12H15BrN4. The zero-order chi connectivity index (χ0) is 12.4. The number of nitrogens with zero attached hydrogens (tertiary/aromatic N) is 3. The average Bonchev–Trinajstić information content (AvgIpc) is 2.67. The van der Waals surface area contributed by atoms with Gasteiger partial charge in [0, 0.05) is 30.2 Å². The van der Waals surface area contributed by atoms with E-state index in [1.54, 1.807) is 4.68 Å². The number of hydrogen-bond acceptors (Lipinski definition) is 3. The van der Waals surface area contributed by atoms with Gasteiger partial charge in [-0.3, -0.25) is 4.68 Å². The molecule has 2 rings (SSSR count). The van der Waals surface area contributed by atoms with Crippen molar-refractivity contribution in [3.05, 3.63) is 45.7 Å². The van der Waals surface area contributed by atoms with Crippen molar-refractivity contribution in [1.29, 1.82) is 0 Å². The molecule has 0 amide bonds. The summed E-state index contributed by atoms with van der Waals surface area (Å²) in [5, 5.41) is 7.96. The SMILES string of the molecule is Cc1ccc(Br)cc1C(N)Cc1cn(C)nn1. The maximum Gasteiger partial charge on any atom is 0.0845 e.